The number of oxime groups is 1. The number of para-hydroxylation sites is 1. The summed E-state index contributed by atoms with van der Waals surface area (Å²) >= 11 is 1.73. The summed E-state index contributed by atoms with van der Waals surface area (Å²) in [7, 11) is 0. The zero-order valence-electron chi connectivity index (χ0n) is 10.0. The third kappa shape index (κ3) is 4.99. The highest BCUT2D eigenvalue weighted by atomic mass is 32.2. The number of thioether (sulfide) groups is 1. The molecule has 1 aromatic carbocycles. The number of rotatable bonds is 7. The van der Waals surface area contributed by atoms with E-state index in [9.17, 15) is 0 Å². The molecule has 0 radical (unpaired) electrons. The molecule has 4 nitrogen and oxygen atoms in total. The molecule has 0 aliphatic carbocycles. The molecule has 0 spiro atoms. The second-order valence-corrected chi connectivity index (χ2v) is 4.52. The molecule has 0 unspecified atom stereocenters. The van der Waals surface area contributed by atoms with Gasteiger partial charge in [-0.05, 0) is 31.2 Å². The predicted octanol–water partition coefficient (Wildman–Crippen LogP) is 2.74. The number of nitrogens with one attached hydrogen (secondary N) is 1. The van der Waals surface area contributed by atoms with Crippen LogP contribution >= 0.6 is 11.8 Å². The molecule has 0 heterocycles. The highest BCUT2D eigenvalue weighted by Crippen LogP contribution is 2.24. The van der Waals surface area contributed by atoms with E-state index in [4.69, 9.17) is 10.9 Å². The van der Waals surface area contributed by atoms with Gasteiger partial charge < -0.3 is 16.3 Å². The molecule has 0 aliphatic heterocycles. The van der Waals surface area contributed by atoms with E-state index < -0.39 is 0 Å². The van der Waals surface area contributed by atoms with Crippen molar-refractivity contribution in [2.45, 2.75) is 24.2 Å². The second-order valence-electron chi connectivity index (χ2n) is 3.68. The van der Waals surface area contributed by atoms with Gasteiger partial charge in [-0.15, -0.1) is 11.8 Å². The van der Waals surface area contributed by atoms with Crippen LogP contribution in [0.1, 0.15) is 19.3 Å². The first-order chi connectivity index (χ1) is 8.27. The first-order valence-electron chi connectivity index (χ1n) is 5.61. The monoisotopic (exact) mass is 253 g/mol. The average molecular weight is 253 g/mol. The van der Waals surface area contributed by atoms with Crippen molar-refractivity contribution >= 4 is 23.3 Å². The lowest BCUT2D eigenvalue weighted by atomic mass is 10.2. The lowest BCUT2D eigenvalue weighted by Gasteiger charge is -2.09. The highest BCUT2D eigenvalue weighted by molar-refractivity contribution is 7.98. The predicted molar refractivity (Wildman–Crippen MR) is 74.0 cm³/mol. The van der Waals surface area contributed by atoms with Crippen molar-refractivity contribution in [1.82, 2.24) is 0 Å². The summed E-state index contributed by atoms with van der Waals surface area (Å²) < 4.78 is 0. The standard InChI is InChI=1S/C12H19N3OS/c1-17-11-7-3-2-6-10(11)14-9-5-4-8-12(13)15-16/h2-3,6-7,14,16H,4-5,8-9H2,1H3,(H2,13,15). The Kier molecular flexibility index (Phi) is 6.32. The maximum Gasteiger partial charge on any atom is 0.139 e. The maximum absolute atomic E-state index is 8.38. The normalized spacial score (nSPS) is 11.5. The number of amidine groups is 1. The van der Waals surface area contributed by atoms with Crippen molar-refractivity contribution in [3.8, 4) is 0 Å². The molecule has 0 aliphatic rings. The number of nitrogens with zero attached hydrogens (tertiary/aromatic N) is 1. The van der Waals surface area contributed by atoms with Crippen molar-refractivity contribution in [2.24, 2.45) is 10.9 Å². The van der Waals surface area contributed by atoms with E-state index in [0.717, 1.165) is 19.4 Å². The maximum atomic E-state index is 8.38. The SMILES string of the molecule is CSc1ccccc1NCCCC/C(N)=N/O. The minimum atomic E-state index is 0.300. The summed E-state index contributed by atoms with van der Waals surface area (Å²) in [5, 5.41) is 14.7. The minimum absolute atomic E-state index is 0.300. The summed E-state index contributed by atoms with van der Waals surface area (Å²) in [6.45, 7) is 0.899. The van der Waals surface area contributed by atoms with Crippen LogP contribution in [0.5, 0.6) is 0 Å². The molecular formula is C12H19N3OS. The van der Waals surface area contributed by atoms with Gasteiger partial charge in [0.2, 0.25) is 0 Å². The van der Waals surface area contributed by atoms with Gasteiger partial charge in [0.25, 0.3) is 0 Å². The molecule has 0 atom stereocenters. The fourth-order valence-electron chi connectivity index (χ4n) is 1.49. The van der Waals surface area contributed by atoms with Gasteiger partial charge in [-0.1, -0.05) is 17.3 Å². The van der Waals surface area contributed by atoms with Gasteiger partial charge in [-0.2, -0.15) is 0 Å². The number of hydrogen-bond acceptors (Lipinski definition) is 4. The van der Waals surface area contributed by atoms with Gasteiger partial charge in [0.1, 0.15) is 5.84 Å². The Labute approximate surface area is 106 Å². The minimum Gasteiger partial charge on any atom is -0.409 e. The molecule has 0 bridgehead atoms. The van der Waals surface area contributed by atoms with Crippen molar-refractivity contribution in [1.29, 1.82) is 0 Å². The summed E-state index contributed by atoms with van der Waals surface area (Å²) in [4.78, 5) is 1.25. The first-order valence-corrected chi connectivity index (χ1v) is 6.83. The molecule has 94 valence electrons. The average Bonchev–Trinajstić information content (AvgIpc) is 2.38. The van der Waals surface area contributed by atoms with E-state index >= 15 is 0 Å². The molecule has 5 heteroatoms. The van der Waals surface area contributed by atoms with E-state index in [2.05, 4.69) is 28.9 Å². The number of anilines is 1. The molecule has 0 amide bonds. The molecular weight excluding hydrogens is 234 g/mol. The van der Waals surface area contributed by atoms with E-state index in [0.29, 0.717) is 12.3 Å². The summed E-state index contributed by atoms with van der Waals surface area (Å²) in [6, 6.07) is 8.24. The lowest BCUT2D eigenvalue weighted by molar-refractivity contribution is 0.316. The summed E-state index contributed by atoms with van der Waals surface area (Å²) in [5.74, 6) is 0.300. The van der Waals surface area contributed by atoms with Crippen LogP contribution in [0, 0.1) is 0 Å². The molecule has 1 aromatic rings. The van der Waals surface area contributed by atoms with E-state index in [1.54, 1.807) is 11.8 Å². The zero-order valence-corrected chi connectivity index (χ0v) is 10.8. The summed E-state index contributed by atoms with van der Waals surface area (Å²) in [6.07, 6.45) is 4.63. The Balaban J connectivity index is 2.26. The van der Waals surface area contributed by atoms with Gasteiger partial charge in [0.05, 0.1) is 0 Å². The number of hydrogen-bond donors (Lipinski definition) is 3. The van der Waals surface area contributed by atoms with Crippen molar-refractivity contribution in [3.05, 3.63) is 24.3 Å². The van der Waals surface area contributed by atoms with Gasteiger partial charge in [-0.3, -0.25) is 0 Å². The van der Waals surface area contributed by atoms with E-state index in [1.165, 1.54) is 10.6 Å². The number of unbranched alkanes of at least 4 members (excludes halogenated alkanes) is 1. The Morgan fingerprint density at radius 2 is 2.18 bits per heavy atom. The van der Waals surface area contributed by atoms with Gasteiger partial charge >= 0.3 is 0 Å². The second kappa shape index (κ2) is 7.84. The van der Waals surface area contributed by atoms with E-state index in [-0.39, 0.29) is 0 Å². The number of benzene rings is 1. The largest absolute Gasteiger partial charge is 0.409 e. The Hall–Kier alpha value is -1.36. The fourth-order valence-corrected chi connectivity index (χ4v) is 2.07. The highest BCUT2D eigenvalue weighted by Gasteiger charge is 1.99. The molecule has 1 rings (SSSR count). The molecule has 0 aromatic heterocycles. The topological polar surface area (TPSA) is 70.6 Å². The molecule has 4 N–H and O–H groups in total. The first kappa shape index (κ1) is 13.7. The zero-order chi connectivity index (χ0) is 12.5. The van der Waals surface area contributed by atoms with Crippen LogP contribution in [-0.4, -0.2) is 23.8 Å². The van der Waals surface area contributed by atoms with Crippen LogP contribution in [0.2, 0.25) is 0 Å². The van der Waals surface area contributed by atoms with Crippen molar-refractivity contribution < 1.29 is 5.21 Å². The van der Waals surface area contributed by atoms with Gasteiger partial charge in [0.15, 0.2) is 0 Å². The Bertz CT molecular complexity index is 369. The quantitative estimate of drug-likeness (QED) is 0.174. The lowest BCUT2D eigenvalue weighted by Crippen LogP contribution is -2.12. The Morgan fingerprint density at radius 3 is 2.88 bits per heavy atom. The smallest absolute Gasteiger partial charge is 0.139 e. The van der Waals surface area contributed by atoms with Crippen LogP contribution in [-0.2, 0) is 0 Å². The van der Waals surface area contributed by atoms with Crippen LogP contribution in [0.25, 0.3) is 0 Å². The van der Waals surface area contributed by atoms with Crippen LogP contribution in [0.15, 0.2) is 34.3 Å². The molecule has 17 heavy (non-hydrogen) atoms. The fraction of sp³-hybridized carbons (Fsp3) is 0.417. The van der Waals surface area contributed by atoms with Crippen LogP contribution in [0.4, 0.5) is 5.69 Å². The molecule has 0 saturated carbocycles. The Morgan fingerprint density at radius 1 is 1.41 bits per heavy atom. The van der Waals surface area contributed by atoms with Gasteiger partial charge in [-0.25, -0.2) is 0 Å². The van der Waals surface area contributed by atoms with Crippen molar-refractivity contribution in [3.63, 3.8) is 0 Å². The van der Waals surface area contributed by atoms with Crippen LogP contribution in [0.3, 0.4) is 0 Å². The third-order valence-corrected chi connectivity index (χ3v) is 3.21. The van der Waals surface area contributed by atoms with Gasteiger partial charge in [0, 0.05) is 23.5 Å². The number of nitrogens with two attached hydrogens (primary N) is 1. The molecule has 0 saturated heterocycles. The molecule has 0 fully saturated rings. The van der Waals surface area contributed by atoms with E-state index in [1.807, 2.05) is 12.1 Å². The third-order valence-electron chi connectivity index (χ3n) is 2.41. The summed E-state index contributed by atoms with van der Waals surface area (Å²) in [5.41, 5.74) is 6.56. The van der Waals surface area contributed by atoms with Crippen LogP contribution < -0.4 is 11.1 Å². The van der Waals surface area contributed by atoms with Crippen molar-refractivity contribution in [2.75, 3.05) is 18.1 Å².